The van der Waals surface area contributed by atoms with Crippen molar-refractivity contribution in [2.24, 2.45) is 10.9 Å². The Balaban J connectivity index is 1.59. The van der Waals surface area contributed by atoms with Gasteiger partial charge in [0.1, 0.15) is 0 Å². The molecule has 1 saturated carbocycles. The highest BCUT2D eigenvalue weighted by atomic mass is 15.2. The fourth-order valence-electron chi connectivity index (χ4n) is 3.57. The summed E-state index contributed by atoms with van der Waals surface area (Å²) in [5, 5.41) is 6.98. The number of piperidine rings is 1. The molecule has 1 heterocycles. The Morgan fingerprint density at radius 2 is 1.96 bits per heavy atom. The number of nitrogens with one attached hydrogen (secondary N) is 2. The maximum Gasteiger partial charge on any atom is 0.191 e. The number of nitrogens with zero attached hydrogens (tertiary/aromatic N) is 2. The highest BCUT2D eigenvalue weighted by molar-refractivity contribution is 5.80. The maximum absolute atomic E-state index is 4.36. The van der Waals surface area contributed by atoms with E-state index in [9.17, 15) is 0 Å². The van der Waals surface area contributed by atoms with Crippen LogP contribution in [0.5, 0.6) is 0 Å². The predicted molar refractivity (Wildman–Crippen MR) is 101 cm³/mol. The Bertz CT molecular complexity index is 569. The molecule has 132 valence electrons. The summed E-state index contributed by atoms with van der Waals surface area (Å²) in [5.74, 6) is 1.70. The molecule has 0 radical (unpaired) electrons. The molecule has 1 saturated heterocycles. The summed E-state index contributed by atoms with van der Waals surface area (Å²) in [6.07, 6.45) is 5.30. The molecule has 0 amide bonds. The van der Waals surface area contributed by atoms with E-state index in [-0.39, 0.29) is 0 Å². The van der Waals surface area contributed by atoms with Crippen LogP contribution in [0, 0.1) is 5.92 Å². The van der Waals surface area contributed by atoms with Crippen LogP contribution in [0.1, 0.15) is 50.7 Å². The number of hydrogen-bond donors (Lipinski definition) is 2. The number of likely N-dealkylation sites (tertiary alicyclic amines) is 1. The van der Waals surface area contributed by atoms with Gasteiger partial charge in [0.25, 0.3) is 0 Å². The van der Waals surface area contributed by atoms with E-state index in [1.54, 1.807) is 0 Å². The van der Waals surface area contributed by atoms with Gasteiger partial charge < -0.3 is 10.6 Å². The molecular formula is C20H32N4. The predicted octanol–water partition coefficient (Wildman–Crippen LogP) is 3.13. The number of guanidine groups is 1. The molecule has 1 aliphatic carbocycles. The average Bonchev–Trinajstić information content (AvgIpc) is 3.29. The molecule has 0 bridgehead atoms. The summed E-state index contributed by atoms with van der Waals surface area (Å²) in [6, 6.07) is 10.1. The van der Waals surface area contributed by atoms with Gasteiger partial charge in [0.15, 0.2) is 5.96 Å². The van der Waals surface area contributed by atoms with Gasteiger partial charge in [-0.25, -0.2) is 0 Å². The molecule has 24 heavy (non-hydrogen) atoms. The van der Waals surface area contributed by atoms with Crippen LogP contribution >= 0.6 is 0 Å². The van der Waals surface area contributed by atoms with Crippen molar-refractivity contribution in [3.05, 3.63) is 35.4 Å². The van der Waals surface area contributed by atoms with E-state index in [2.05, 4.69) is 58.6 Å². The van der Waals surface area contributed by atoms with E-state index in [0.717, 1.165) is 25.0 Å². The normalized spacial score (nSPS) is 27.8. The van der Waals surface area contributed by atoms with Gasteiger partial charge in [-0.05, 0) is 49.8 Å². The molecule has 3 atom stereocenters. The zero-order valence-electron chi connectivity index (χ0n) is 15.4. The quantitative estimate of drug-likeness (QED) is 0.644. The summed E-state index contributed by atoms with van der Waals surface area (Å²) in [4.78, 5) is 6.99. The first-order chi connectivity index (χ1) is 11.7. The lowest BCUT2D eigenvalue weighted by Gasteiger charge is -2.33. The zero-order chi connectivity index (χ0) is 16.9. The summed E-state index contributed by atoms with van der Waals surface area (Å²) in [5.41, 5.74) is 2.82. The van der Waals surface area contributed by atoms with Crippen LogP contribution in [0.4, 0.5) is 0 Å². The lowest BCUT2D eigenvalue weighted by Crippen LogP contribution is -2.39. The van der Waals surface area contributed by atoms with Gasteiger partial charge >= 0.3 is 0 Å². The minimum Gasteiger partial charge on any atom is -0.353 e. The van der Waals surface area contributed by atoms with E-state index < -0.39 is 0 Å². The lowest BCUT2D eigenvalue weighted by molar-refractivity contribution is 0.152. The minimum absolute atomic E-state index is 0.598. The smallest absolute Gasteiger partial charge is 0.191 e. The van der Waals surface area contributed by atoms with Crippen molar-refractivity contribution >= 4 is 5.96 Å². The van der Waals surface area contributed by atoms with Crippen LogP contribution in [0.15, 0.2) is 29.3 Å². The number of hydrogen-bond acceptors (Lipinski definition) is 2. The van der Waals surface area contributed by atoms with Crippen molar-refractivity contribution in [1.82, 2.24) is 15.5 Å². The molecule has 0 spiro atoms. The first-order valence-electron chi connectivity index (χ1n) is 9.45. The topological polar surface area (TPSA) is 39.7 Å². The van der Waals surface area contributed by atoms with Crippen molar-refractivity contribution in [2.75, 3.05) is 13.6 Å². The summed E-state index contributed by atoms with van der Waals surface area (Å²) in [6.45, 7) is 7.76. The third-order valence-electron chi connectivity index (χ3n) is 5.53. The van der Waals surface area contributed by atoms with E-state index in [4.69, 9.17) is 0 Å². The van der Waals surface area contributed by atoms with E-state index in [1.807, 2.05) is 7.05 Å². The SMILES string of the molecule is CN=C(NCc1ccccc1CN1CCCCC1C)NC1CC1C. The highest BCUT2D eigenvalue weighted by Crippen LogP contribution is 2.28. The van der Waals surface area contributed by atoms with Gasteiger partial charge in [-0.15, -0.1) is 0 Å². The third kappa shape index (κ3) is 4.50. The molecule has 4 heteroatoms. The van der Waals surface area contributed by atoms with Crippen LogP contribution < -0.4 is 10.6 Å². The molecule has 1 aromatic carbocycles. The summed E-state index contributed by atoms with van der Waals surface area (Å²) >= 11 is 0. The fraction of sp³-hybridized carbons (Fsp3) is 0.650. The van der Waals surface area contributed by atoms with Crippen LogP contribution in [0.2, 0.25) is 0 Å². The molecule has 2 aliphatic rings. The first kappa shape index (κ1) is 17.3. The molecule has 3 unspecified atom stereocenters. The Kier molecular flexibility index (Phi) is 5.77. The van der Waals surface area contributed by atoms with Gasteiger partial charge in [-0.1, -0.05) is 37.6 Å². The number of benzene rings is 1. The summed E-state index contributed by atoms with van der Waals surface area (Å²) in [7, 11) is 1.85. The van der Waals surface area contributed by atoms with Gasteiger partial charge in [-0.3, -0.25) is 9.89 Å². The van der Waals surface area contributed by atoms with E-state index in [0.29, 0.717) is 12.1 Å². The second-order valence-corrected chi connectivity index (χ2v) is 7.47. The number of aliphatic imine (C=N–C) groups is 1. The Morgan fingerprint density at radius 1 is 1.21 bits per heavy atom. The van der Waals surface area contributed by atoms with Crippen LogP contribution in [0.25, 0.3) is 0 Å². The Labute approximate surface area is 146 Å². The second kappa shape index (κ2) is 8.02. The average molecular weight is 329 g/mol. The molecule has 4 nitrogen and oxygen atoms in total. The fourth-order valence-corrected chi connectivity index (χ4v) is 3.57. The van der Waals surface area contributed by atoms with Crippen molar-refractivity contribution in [3.63, 3.8) is 0 Å². The molecule has 2 fully saturated rings. The van der Waals surface area contributed by atoms with Gasteiger partial charge in [0.05, 0.1) is 0 Å². The molecule has 1 aromatic rings. The van der Waals surface area contributed by atoms with Crippen molar-refractivity contribution < 1.29 is 0 Å². The second-order valence-electron chi connectivity index (χ2n) is 7.47. The minimum atomic E-state index is 0.598. The largest absolute Gasteiger partial charge is 0.353 e. The molecule has 3 rings (SSSR count). The van der Waals surface area contributed by atoms with E-state index in [1.165, 1.54) is 43.4 Å². The first-order valence-corrected chi connectivity index (χ1v) is 9.45. The monoisotopic (exact) mass is 328 g/mol. The van der Waals surface area contributed by atoms with Gasteiger partial charge in [-0.2, -0.15) is 0 Å². The van der Waals surface area contributed by atoms with Gasteiger partial charge in [0.2, 0.25) is 0 Å². The zero-order valence-corrected chi connectivity index (χ0v) is 15.4. The van der Waals surface area contributed by atoms with Crippen molar-refractivity contribution in [3.8, 4) is 0 Å². The molecule has 2 N–H and O–H groups in total. The standard InChI is InChI=1S/C20H32N4/c1-15-12-19(15)23-20(21-3)22-13-17-9-4-5-10-18(17)14-24-11-7-6-8-16(24)2/h4-5,9-10,15-16,19H,6-8,11-14H2,1-3H3,(H2,21,22,23). The Hall–Kier alpha value is -1.55. The third-order valence-corrected chi connectivity index (χ3v) is 5.53. The van der Waals surface area contributed by atoms with Crippen LogP contribution in [0.3, 0.4) is 0 Å². The van der Waals surface area contributed by atoms with Crippen LogP contribution in [-0.2, 0) is 13.1 Å². The van der Waals surface area contributed by atoms with Gasteiger partial charge in [0, 0.05) is 32.2 Å². The number of rotatable bonds is 5. The van der Waals surface area contributed by atoms with Crippen LogP contribution in [-0.4, -0.2) is 36.5 Å². The summed E-state index contributed by atoms with van der Waals surface area (Å²) < 4.78 is 0. The van der Waals surface area contributed by atoms with E-state index >= 15 is 0 Å². The molecular weight excluding hydrogens is 296 g/mol. The van der Waals surface area contributed by atoms with Crippen molar-refractivity contribution in [1.29, 1.82) is 0 Å². The molecule has 1 aliphatic heterocycles. The highest BCUT2D eigenvalue weighted by Gasteiger charge is 2.33. The lowest BCUT2D eigenvalue weighted by atomic mass is 10.0. The molecule has 0 aromatic heterocycles. The maximum atomic E-state index is 4.36. The Morgan fingerprint density at radius 3 is 2.62 bits per heavy atom. The van der Waals surface area contributed by atoms with Crippen molar-refractivity contribution in [2.45, 2.75) is 64.7 Å².